The molecule has 1 aromatic rings. The van der Waals surface area contributed by atoms with Crippen LogP contribution in [0.25, 0.3) is 0 Å². The van der Waals surface area contributed by atoms with Crippen LogP contribution in [-0.2, 0) is 11.3 Å². The summed E-state index contributed by atoms with van der Waals surface area (Å²) in [7, 11) is 3.48. The summed E-state index contributed by atoms with van der Waals surface area (Å²) in [6, 6.07) is 6.31. The molecule has 4 heteroatoms. The first-order valence-corrected chi connectivity index (χ1v) is 7.20. The molecule has 0 saturated heterocycles. The topological polar surface area (TPSA) is 30.5 Å². The van der Waals surface area contributed by atoms with E-state index >= 15 is 0 Å². The van der Waals surface area contributed by atoms with Crippen LogP contribution in [0.1, 0.15) is 31.2 Å². The van der Waals surface area contributed by atoms with E-state index in [1.807, 2.05) is 18.2 Å². The quantitative estimate of drug-likeness (QED) is 0.898. The van der Waals surface area contributed by atoms with Crippen LogP contribution in [-0.4, -0.2) is 26.4 Å². The van der Waals surface area contributed by atoms with Crippen LogP contribution in [0.4, 0.5) is 0 Å². The molecule has 0 unspecified atom stereocenters. The lowest BCUT2D eigenvalue weighted by Gasteiger charge is -2.28. The van der Waals surface area contributed by atoms with E-state index in [9.17, 15) is 0 Å². The number of halogens is 1. The molecule has 0 spiro atoms. The average Bonchev–Trinajstić information content (AvgIpc) is 2.46. The number of hydrogen-bond donors (Lipinski definition) is 1. The highest BCUT2D eigenvalue weighted by Crippen LogP contribution is 2.27. The van der Waals surface area contributed by atoms with E-state index in [1.54, 1.807) is 14.2 Å². The molecule has 1 aliphatic rings. The summed E-state index contributed by atoms with van der Waals surface area (Å²) in [5, 5.41) is 4.34. The monoisotopic (exact) mass is 283 g/mol. The summed E-state index contributed by atoms with van der Waals surface area (Å²) < 4.78 is 10.7. The third-order valence-electron chi connectivity index (χ3n) is 3.87. The predicted octanol–water partition coefficient (Wildman–Crippen LogP) is 3.40. The van der Waals surface area contributed by atoms with Crippen molar-refractivity contribution in [2.75, 3.05) is 14.2 Å². The highest BCUT2D eigenvalue weighted by Gasteiger charge is 2.20. The van der Waals surface area contributed by atoms with Crippen LogP contribution in [0.2, 0.25) is 5.02 Å². The molecule has 0 radical (unpaired) electrons. The SMILES string of the molecule is COc1cccc(Cl)c1CNC1CCC(OC)CC1. The van der Waals surface area contributed by atoms with Crippen molar-refractivity contribution in [2.45, 2.75) is 44.4 Å². The number of hydrogen-bond acceptors (Lipinski definition) is 3. The Labute approximate surface area is 120 Å². The van der Waals surface area contributed by atoms with Gasteiger partial charge < -0.3 is 14.8 Å². The Hall–Kier alpha value is -0.770. The Bertz CT molecular complexity index is 403. The van der Waals surface area contributed by atoms with Gasteiger partial charge in [0.15, 0.2) is 0 Å². The summed E-state index contributed by atoms with van der Waals surface area (Å²) >= 11 is 6.23. The minimum Gasteiger partial charge on any atom is -0.496 e. The van der Waals surface area contributed by atoms with Crippen molar-refractivity contribution >= 4 is 11.6 Å². The van der Waals surface area contributed by atoms with Crippen molar-refractivity contribution in [3.05, 3.63) is 28.8 Å². The molecular weight excluding hydrogens is 262 g/mol. The van der Waals surface area contributed by atoms with Gasteiger partial charge in [-0.3, -0.25) is 0 Å². The van der Waals surface area contributed by atoms with Gasteiger partial charge in [-0.15, -0.1) is 0 Å². The summed E-state index contributed by atoms with van der Waals surface area (Å²) in [4.78, 5) is 0. The number of rotatable bonds is 5. The fraction of sp³-hybridized carbons (Fsp3) is 0.600. The lowest BCUT2D eigenvalue weighted by molar-refractivity contribution is 0.0623. The Morgan fingerprint density at radius 3 is 2.58 bits per heavy atom. The van der Waals surface area contributed by atoms with E-state index in [0.29, 0.717) is 12.1 Å². The van der Waals surface area contributed by atoms with Crippen molar-refractivity contribution < 1.29 is 9.47 Å². The number of methoxy groups -OCH3 is 2. The van der Waals surface area contributed by atoms with Crippen LogP contribution in [0.5, 0.6) is 5.75 Å². The maximum absolute atomic E-state index is 6.23. The van der Waals surface area contributed by atoms with E-state index in [1.165, 1.54) is 0 Å². The van der Waals surface area contributed by atoms with Gasteiger partial charge in [-0.25, -0.2) is 0 Å². The van der Waals surface area contributed by atoms with Crippen molar-refractivity contribution in [2.24, 2.45) is 0 Å². The number of nitrogens with one attached hydrogen (secondary N) is 1. The standard InChI is InChI=1S/C15H22ClNO2/c1-18-12-8-6-11(7-9-12)17-10-13-14(16)4-3-5-15(13)19-2/h3-5,11-12,17H,6-10H2,1-2H3. The maximum Gasteiger partial charge on any atom is 0.124 e. The van der Waals surface area contributed by atoms with Crippen molar-refractivity contribution in [3.8, 4) is 5.75 Å². The highest BCUT2D eigenvalue weighted by molar-refractivity contribution is 6.31. The zero-order valence-electron chi connectivity index (χ0n) is 11.6. The Balaban J connectivity index is 1.89. The molecule has 1 aliphatic carbocycles. The van der Waals surface area contributed by atoms with Gasteiger partial charge in [-0.2, -0.15) is 0 Å². The lowest BCUT2D eigenvalue weighted by atomic mass is 9.93. The molecule has 0 bridgehead atoms. The lowest BCUT2D eigenvalue weighted by Crippen LogP contribution is -2.34. The molecule has 0 atom stereocenters. The molecule has 1 fully saturated rings. The van der Waals surface area contributed by atoms with Gasteiger partial charge in [0.25, 0.3) is 0 Å². The van der Waals surface area contributed by atoms with E-state index in [2.05, 4.69) is 5.32 Å². The van der Waals surface area contributed by atoms with Crippen molar-refractivity contribution in [1.29, 1.82) is 0 Å². The van der Waals surface area contributed by atoms with E-state index in [-0.39, 0.29) is 0 Å². The normalized spacial score (nSPS) is 23.3. The maximum atomic E-state index is 6.23. The molecule has 0 amide bonds. The van der Waals surface area contributed by atoms with Gasteiger partial charge in [-0.1, -0.05) is 17.7 Å². The van der Waals surface area contributed by atoms with Crippen LogP contribution >= 0.6 is 11.6 Å². The van der Waals surface area contributed by atoms with Crippen molar-refractivity contribution in [1.82, 2.24) is 5.32 Å². The molecule has 1 saturated carbocycles. The molecule has 106 valence electrons. The molecule has 19 heavy (non-hydrogen) atoms. The van der Waals surface area contributed by atoms with Gasteiger partial charge in [0.05, 0.1) is 13.2 Å². The number of ether oxygens (including phenoxy) is 2. The molecule has 0 aliphatic heterocycles. The first kappa shape index (κ1) is 14.6. The Morgan fingerprint density at radius 1 is 1.21 bits per heavy atom. The van der Waals surface area contributed by atoms with Crippen LogP contribution < -0.4 is 10.1 Å². The zero-order chi connectivity index (χ0) is 13.7. The smallest absolute Gasteiger partial charge is 0.124 e. The summed E-state index contributed by atoms with van der Waals surface area (Å²) in [6.07, 6.45) is 5.02. The molecule has 1 N–H and O–H groups in total. The molecule has 1 aromatic carbocycles. The van der Waals surface area contributed by atoms with E-state index < -0.39 is 0 Å². The third-order valence-corrected chi connectivity index (χ3v) is 4.22. The van der Waals surface area contributed by atoms with Crippen LogP contribution in [0, 0.1) is 0 Å². The molecule has 3 nitrogen and oxygen atoms in total. The first-order chi connectivity index (χ1) is 9.24. The van der Waals surface area contributed by atoms with Gasteiger partial charge in [-0.05, 0) is 37.8 Å². The van der Waals surface area contributed by atoms with Crippen LogP contribution in [0.3, 0.4) is 0 Å². The van der Waals surface area contributed by atoms with Gasteiger partial charge >= 0.3 is 0 Å². The predicted molar refractivity (Wildman–Crippen MR) is 77.9 cm³/mol. The van der Waals surface area contributed by atoms with Gasteiger partial charge in [0.2, 0.25) is 0 Å². The second-order valence-corrected chi connectivity index (χ2v) is 5.42. The van der Waals surface area contributed by atoms with Crippen LogP contribution in [0.15, 0.2) is 18.2 Å². The zero-order valence-corrected chi connectivity index (χ0v) is 12.4. The average molecular weight is 284 g/mol. The third kappa shape index (κ3) is 3.85. The minimum absolute atomic E-state index is 0.438. The van der Waals surface area contributed by atoms with E-state index in [4.69, 9.17) is 21.1 Å². The second-order valence-electron chi connectivity index (χ2n) is 5.01. The summed E-state index contributed by atoms with van der Waals surface area (Å²) in [6.45, 7) is 0.755. The molecule has 2 rings (SSSR count). The number of benzene rings is 1. The Kier molecular flexibility index (Phi) is 5.49. The van der Waals surface area contributed by atoms with Gasteiger partial charge in [0, 0.05) is 30.3 Å². The van der Waals surface area contributed by atoms with Gasteiger partial charge in [0.1, 0.15) is 5.75 Å². The molecule has 0 heterocycles. The fourth-order valence-corrected chi connectivity index (χ4v) is 2.88. The minimum atomic E-state index is 0.438. The van der Waals surface area contributed by atoms with Crippen molar-refractivity contribution in [3.63, 3.8) is 0 Å². The molecule has 0 aromatic heterocycles. The summed E-state index contributed by atoms with van der Waals surface area (Å²) in [5.74, 6) is 0.852. The first-order valence-electron chi connectivity index (χ1n) is 6.82. The Morgan fingerprint density at radius 2 is 1.95 bits per heavy atom. The molecular formula is C15H22ClNO2. The highest BCUT2D eigenvalue weighted by atomic mass is 35.5. The largest absolute Gasteiger partial charge is 0.496 e. The summed E-state index contributed by atoms with van der Waals surface area (Å²) in [5.41, 5.74) is 1.04. The fourth-order valence-electron chi connectivity index (χ4n) is 2.65. The van der Waals surface area contributed by atoms with E-state index in [0.717, 1.165) is 48.6 Å². The second kappa shape index (κ2) is 7.13.